The fourth-order valence-electron chi connectivity index (χ4n) is 2.39. The molecule has 0 aliphatic rings. The Bertz CT molecular complexity index is 832. The number of nitrogens with zero attached hydrogens (tertiary/aromatic N) is 3. The number of guanidine groups is 1. The molecule has 0 saturated heterocycles. The molecule has 31 heavy (non-hydrogen) atoms. The van der Waals surface area contributed by atoms with Crippen molar-refractivity contribution >= 4 is 36.0 Å². The molecule has 2 rings (SSSR count). The van der Waals surface area contributed by atoms with Crippen LogP contribution in [0.25, 0.3) is 11.4 Å². The molecule has 0 aliphatic carbocycles. The SMILES string of the molecule is CCNC(=NCc1nc(-c2ccc(OC)cc2)n[nH]1)NCCNC(=O)OC(C)(C)C.I. The topological polar surface area (TPSA) is 126 Å². The molecule has 172 valence electrons. The molecule has 4 N–H and O–H groups in total. The quantitative estimate of drug-likeness (QED) is 0.174. The van der Waals surface area contributed by atoms with Crippen molar-refractivity contribution in [2.45, 2.75) is 39.8 Å². The number of rotatable bonds is 8. The molecule has 0 aliphatic heterocycles. The second-order valence-corrected chi connectivity index (χ2v) is 7.38. The zero-order valence-corrected chi connectivity index (χ0v) is 20.9. The van der Waals surface area contributed by atoms with E-state index >= 15 is 0 Å². The van der Waals surface area contributed by atoms with E-state index < -0.39 is 11.7 Å². The predicted molar refractivity (Wildman–Crippen MR) is 131 cm³/mol. The monoisotopic (exact) mass is 545 g/mol. The van der Waals surface area contributed by atoms with Gasteiger partial charge in [-0.3, -0.25) is 5.10 Å². The number of aromatic nitrogens is 3. The number of aliphatic imine (C=N–C) groups is 1. The number of methoxy groups -OCH3 is 1. The van der Waals surface area contributed by atoms with Crippen LogP contribution in [-0.4, -0.2) is 59.6 Å². The van der Waals surface area contributed by atoms with Gasteiger partial charge in [-0.2, -0.15) is 5.10 Å². The first-order valence-corrected chi connectivity index (χ1v) is 9.85. The van der Waals surface area contributed by atoms with Gasteiger partial charge in [0.1, 0.15) is 23.7 Å². The Morgan fingerprint density at radius 2 is 1.81 bits per heavy atom. The Balaban J connectivity index is 0.00000480. The van der Waals surface area contributed by atoms with Gasteiger partial charge in [0.25, 0.3) is 0 Å². The van der Waals surface area contributed by atoms with E-state index in [1.807, 2.05) is 52.0 Å². The van der Waals surface area contributed by atoms with Crippen molar-refractivity contribution < 1.29 is 14.3 Å². The van der Waals surface area contributed by atoms with E-state index in [1.54, 1.807) is 7.11 Å². The maximum atomic E-state index is 11.7. The molecular formula is C20H32IN7O3. The van der Waals surface area contributed by atoms with Gasteiger partial charge in [0.15, 0.2) is 11.8 Å². The highest BCUT2D eigenvalue weighted by Crippen LogP contribution is 2.19. The fourth-order valence-corrected chi connectivity index (χ4v) is 2.39. The maximum absolute atomic E-state index is 11.7. The molecule has 1 heterocycles. The van der Waals surface area contributed by atoms with Crippen LogP contribution in [-0.2, 0) is 11.3 Å². The number of benzene rings is 1. The van der Waals surface area contributed by atoms with Crippen molar-refractivity contribution in [1.82, 2.24) is 31.1 Å². The van der Waals surface area contributed by atoms with Gasteiger partial charge < -0.3 is 25.4 Å². The Morgan fingerprint density at radius 1 is 1.13 bits per heavy atom. The number of hydrogen-bond acceptors (Lipinski definition) is 6. The van der Waals surface area contributed by atoms with Crippen molar-refractivity contribution in [3.8, 4) is 17.1 Å². The molecule has 1 aromatic heterocycles. The molecule has 0 radical (unpaired) electrons. The number of halogens is 1. The van der Waals surface area contributed by atoms with Crippen molar-refractivity contribution in [3.63, 3.8) is 0 Å². The molecule has 1 amide bonds. The van der Waals surface area contributed by atoms with Crippen LogP contribution in [0.5, 0.6) is 5.75 Å². The van der Waals surface area contributed by atoms with Gasteiger partial charge in [0.2, 0.25) is 0 Å². The highest BCUT2D eigenvalue weighted by molar-refractivity contribution is 14.0. The van der Waals surface area contributed by atoms with Crippen molar-refractivity contribution in [1.29, 1.82) is 0 Å². The molecule has 1 aromatic carbocycles. The molecule has 11 heteroatoms. The van der Waals surface area contributed by atoms with Crippen LogP contribution in [0.1, 0.15) is 33.5 Å². The van der Waals surface area contributed by atoms with Gasteiger partial charge in [-0.05, 0) is 52.0 Å². The van der Waals surface area contributed by atoms with E-state index in [4.69, 9.17) is 9.47 Å². The summed E-state index contributed by atoms with van der Waals surface area (Å²) in [5.74, 6) is 2.64. The van der Waals surface area contributed by atoms with Crippen molar-refractivity contribution in [2.24, 2.45) is 4.99 Å². The standard InChI is InChI=1S/C20H31N7O3.HI/c1-6-21-18(22-11-12-23-19(28)30-20(2,3)4)24-13-16-25-17(27-26-16)14-7-9-15(29-5)10-8-14;/h7-10H,6,11-13H2,1-5H3,(H,23,28)(H2,21,22,24)(H,25,26,27);1H. The molecule has 0 unspecified atom stereocenters. The average Bonchev–Trinajstić information content (AvgIpc) is 3.17. The van der Waals surface area contributed by atoms with Crippen molar-refractivity contribution in [3.05, 3.63) is 30.1 Å². The highest BCUT2D eigenvalue weighted by atomic mass is 127. The first-order valence-electron chi connectivity index (χ1n) is 9.85. The van der Waals surface area contributed by atoms with E-state index in [0.717, 1.165) is 11.3 Å². The van der Waals surface area contributed by atoms with E-state index in [2.05, 4.69) is 36.1 Å². The van der Waals surface area contributed by atoms with Crippen LogP contribution >= 0.6 is 24.0 Å². The van der Waals surface area contributed by atoms with Gasteiger partial charge in [0, 0.05) is 25.2 Å². The molecule has 0 spiro atoms. The maximum Gasteiger partial charge on any atom is 0.407 e. The predicted octanol–water partition coefficient (Wildman–Crippen LogP) is 2.68. The van der Waals surface area contributed by atoms with Gasteiger partial charge in [-0.1, -0.05) is 0 Å². The smallest absolute Gasteiger partial charge is 0.407 e. The summed E-state index contributed by atoms with van der Waals surface area (Å²) in [4.78, 5) is 20.6. The van der Waals surface area contributed by atoms with Gasteiger partial charge in [-0.25, -0.2) is 14.8 Å². The number of H-pyrrole nitrogens is 1. The molecule has 10 nitrogen and oxygen atoms in total. The number of ether oxygens (including phenoxy) is 2. The normalized spacial score (nSPS) is 11.3. The van der Waals surface area contributed by atoms with E-state index in [0.29, 0.717) is 43.8 Å². The summed E-state index contributed by atoms with van der Waals surface area (Å²) in [6, 6.07) is 7.53. The average molecular weight is 545 g/mol. The number of amides is 1. The molecule has 0 fully saturated rings. The van der Waals surface area contributed by atoms with Crippen LogP contribution in [0.4, 0.5) is 4.79 Å². The van der Waals surface area contributed by atoms with Crippen LogP contribution < -0.4 is 20.7 Å². The summed E-state index contributed by atoms with van der Waals surface area (Å²) < 4.78 is 10.4. The number of carbonyl (C=O) groups excluding carboxylic acids is 1. The lowest BCUT2D eigenvalue weighted by Crippen LogP contribution is -2.42. The minimum atomic E-state index is -0.518. The molecule has 0 saturated carbocycles. The third kappa shape index (κ3) is 9.85. The number of aromatic amines is 1. The number of hydrogen-bond donors (Lipinski definition) is 4. The summed E-state index contributed by atoms with van der Waals surface area (Å²) in [7, 11) is 1.63. The number of alkyl carbamates (subject to hydrolysis) is 1. The Hall–Kier alpha value is -2.57. The second kappa shape index (κ2) is 13.0. The van der Waals surface area contributed by atoms with Gasteiger partial charge >= 0.3 is 6.09 Å². The minimum absolute atomic E-state index is 0. The second-order valence-electron chi connectivity index (χ2n) is 7.38. The summed E-state index contributed by atoms with van der Waals surface area (Å²) in [5, 5.41) is 16.1. The zero-order chi connectivity index (χ0) is 22.0. The third-order valence-corrected chi connectivity index (χ3v) is 3.70. The molecule has 0 atom stereocenters. The zero-order valence-electron chi connectivity index (χ0n) is 18.6. The summed E-state index contributed by atoms with van der Waals surface area (Å²) in [6.45, 7) is 9.39. The lowest BCUT2D eigenvalue weighted by Gasteiger charge is -2.19. The number of nitrogens with one attached hydrogen (secondary N) is 4. The molecular weight excluding hydrogens is 513 g/mol. The minimum Gasteiger partial charge on any atom is -0.497 e. The Labute approximate surface area is 200 Å². The first kappa shape index (κ1) is 26.5. The summed E-state index contributed by atoms with van der Waals surface area (Å²) >= 11 is 0. The summed E-state index contributed by atoms with van der Waals surface area (Å²) in [5.41, 5.74) is 0.371. The largest absolute Gasteiger partial charge is 0.497 e. The molecule has 0 bridgehead atoms. The highest BCUT2D eigenvalue weighted by Gasteiger charge is 2.15. The Kier molecular flexibility index (Phi) is 11.1. The van der Waals surface area contributed by atoms with E-state index in [-0.39, 0.29) is 24.0 Å². The van der Waals surface area contributed by atoms with E-state index in [1.165, 1.54) is 0 Å². The van der Waals surface area contributed by atoms with Crippen LogP contribution in [0.3, 0.4) is 0 Å². The van der Waals surface area contributed by atoms with Crippen molar-refractivity contribution in [2.75, 3.05) is 26.7 Å². The fraction of sp³-hybridized carbons (Fsp3) is 0.500. The van der Waals surface area contributed by atoms with Gasteiger partial charge in [0.05, 0.1) is 7.11 Å². The first-order chi connectivity index (χ1) is 14.3. The van der Waals surface area contributed by atoms with Crippen LogP contribution in [0.15, 0.2) is 29.3 Å². The van der Waals surface area contributed by atoms with Crippen LogP contribution in [0, 0.1) is 0 Å². The lowest BCUT2D eigenvalue weighted by atomic mass is 10.2. The Morgan fingerprint density at radius 3 is 2.42 bits per heavy atom. The molecule has 2 aromatic rings. The van der Waals surface area contributed by atoms with Crippen LogP contribution in [0.2, 0.25) is 0 Å². The third-order valence-electron chi connectivity index (χ3n) is 3.70. The lowest BCUT2D eigenvalue weighted by molar-refractivity contribution is 0.0529. The summed E-state index contributed by atoms with van der Waals surface area (Å²) in [6.07, 6.45) is -0.445. The number of carbonyl (C=O) groups is 1. The van der Waals surface area contributed by atoms with E-state index in [9.17, 15) is 4.79 Å². The van der Waals surface area contributed by atoms with Gasteiger partial charge in [-0.15, -0.1) is 24.0 Å².